The molecule has 3 aromatic rings. The van der Waals surface area contributed by atoms with Gasteiger partial charge in [0, 0.05) is 67.0 Å². The van der Waals surface area contributed by atoms with E-state index < -0.39 is 18.0 Å². The second-order valence-electron chi connectivity index (χ2n) is 8.63. The SMILES string of the molecule is Cn1cc([C@@H](C(=O)O)N2C[C@H]3C[C@@H](C2)c2cccc(=O)n2C3)c2ccc(C(=O)O)cc21. The first-order valence-electron chi connectivity index (χ1n) is 10.3. The van der Waals surface area contributed by atoms with Gasteiger partial charge in [0.15, 0.2) is 0 Å². The third-order valence-corrected chi connectivity index (χ3v) is 6.67. The molecule has 0 aliphatic carbocycles. The molecule has 2 aliphatic heterocycles. The number of benzene rings is 1. The number of pyridine rings is 1. The van der Waals surface area contributed by atoms with E-state index in [-0.39, 0.29) is 23.0 Å². The van der Waals surface area contributed by atoms with Crippen molar-refractivity contribution < 1.29 is 19.8 Å². The maximum Gasteiger partial charge on any atom is 0.335 e. The van der Waals surface area contributed by atoms with E-state index in [1.807, 2.05) is 15.5 Å². The van der Waals surface area contributed by atoms with Crippen LogP contribution in [0.1, 0.15) is 40.0 Å². The maximum absolute atomic E-state index is 12.4. The fourth-order valence-corrected chi connectivity index (χ4v) is 5.40. The van der Waals surface area contributed by atoms with Crippen LogP contribution < -0.4 is 5.56 Å². The summed E-state index contributed by atoms with van der Waals surface area (Å²) in [5.74, 6) is -1.63. The number of carboxylic acids is 2. The number of fused-ring (bicyclic) bond motifs is 5. The van der Waals surface area contributed by atoms with E-state index in [1.54, 1.807) is 42.1 Å². The molecule has 3 atom stereocenters. The highest BCUT2D eigenvalue weighted by Gasteiger charge is 2.40. The Morgan fingerprint density at radius 1 is 1.10 bits per heavy atom. The number of aliphatic carboxylic acids is 1. The number of hydrogen-bond donors (Lipinski definition) is 2. The minimum Gasteiger partial charge on any atom is -0.480 e. The summed E-state index contributed by atoms with van der Waals surface area (Å²) < 4.78 is 3.62. The maximum atomic E-state index is 12.4. The smallest absolute Gasteiger partial charge is 0.335 e. The first-order chi connectivity index (χ1) is 14.8. The van der Waals surface area contributed by atoms with Crippen LogP contribution in [-0.4, -0.2) is 49.3 Å². The average Bonchev–Trinajstić information content (AvgIpc) is 3.04. The Kier molecular flexibility index (Phi) is 4.48. The van der Waals surface area contributed by atoms with Gasteiger partial charge in [-0.25, -0.2) is 4.79 Å². The van der Waals surface area contributed by atoms with Crippen molar-refractivity contribution in [1.82, 2.24) is 14.0 Å². The largest absolute Gasteiger partial charge is 0.480 e. The van der Waals surface area contributed by atoms with Crippen molar-refractivity contribution >= 4 is 22.8 Å². The topological polar surface area (TPSA) is 105 Å². The van der Waals surface area contributed by atoms with Crippen molar-refractivity contribution in [2.24, 2.45) is 13.0 Å². The van der Waals surface area contributed by atoms with E-state index in [2.05, 4.69) is 0 Å². The van der Waals surface area contributed by atoms with Gasteiger partial charge in [-0.2, -0.15) is 0 Å². The summed E-state index contributed by atoms with van der Waals surface area (Å²) in [5.41, 5.74) is 2.49. The zero-order chi connectivity index (χ0) is 21.9. The normalized spacial score (nSPS) is 21.6. The molecule has 0 saturated carbocycles. The Morgan fingerprint density at radius 3 is 2.65 bits per heavy atom. The average molecular weight is 421 g/mol. The quantitative estimate of drug-likeness (QED) is 0.670. The molecule has 0 spiro atoms. The number of aryl methyl sites for hydroxylation is 1. The number of aromatic carboxylic acids is 1. The number of carboxylic acid groups (broad SMARTS) is 2. The molecule has 8 nitrogen and oxygen atoms in total. The second kappa shape index (κ2) is 7.09. The van der Waals surface area contributed by atoms with Crippen LogP contribution in [0.15, 0.2) is 47.4 Å². The minimum atomic E-state index is -1.02. The third-order valence-electron chi connectivity index (χ3n) is 6.67. The van der Waals surface area contributed by atoms with Crippen molar-refractivity contribution in [2.75, 3.05) is 13.1 Å². The molecule has 4 heterocycles. The van der Waals surface area contributed by atoms with E-state index in [4.69, 9.17) is 0 Å². The van der Waals surface area contributed by atoms with Gasteiger partial charge in [0.2, 0.25) is 0 Å². The fourth-order valence-electron chi connectivity index (χ4n) is 5.40. The summed E-state index contributed by atoms with van der Waals surface area (Å²) >= 11 is 0. The molecule has 160 valence electrons. The Bertz CT molecular complexity index is 1270. The summed E-state index contributed by atoms with van der Waals surface area (Å²) in [6, 6.07) is 9.26. The van der Waals surface area contributed by atoms with Gasteiger partial charge in [0.25, 0.3) is 5.56 Å². The first kappa shape index (κ1) is 19.6. The Morgan fingerprint density at radius 2 is 1.90 bits per heavy atom. The standard InChI is InChI=1S/C23H23N3O5/c1-24-12-17(16-6-5-14(22(28)29)8-19(16)24)21(23(30)31)25-9-13-7-15(11-25)18-3-2-4-20(27)26(18)10-13/h2-6,8,12-13,15,21H,7,9-11H2,1H3,(H,28,29)(H,30,31)/t13-,15+,21+/m1/s1. The lowest BCUT2D eigenvalue weighted by atomic mass is 9.82. The Labute approximate surface area is 177 Å². The molecule has 5 rings (SSSR count). The monoisotopic (exact) mass is 421 g/mol. The molecule has 31 heavy (non-hydrogen) atoms. The van der Waals surface area contributed by atoms with Crippen LogP contribution in [0, 0.1) is 5.92 Å². The summed E-state index contributed by atoms with van der Waals surface area (Å²) in [4.78, 5) is 38.1. The van der Waals surface area contributed by atoms with Crippen LogP contribution in [0.4, 0.5) is 0 Å². The molecule has 1 aromatic carbocycles. The summed E-state index contributed by atoms with van der Waals surface area (Å²) in [6.07, 6.45) is 2.74. The molecule has 0 amide bonds. The predicted molar refractivity (Wildman–Crippen MR) is 113 cm³/mol. The number of likely N-dealkylation sites (tertiary alicyclic amines) is 1. The second-order valence-corrected chi connectivity index (χ2v) is 8.63. The van der Waals surface area contributed by atoms with Crippen molar-refractivity contribution in [1.29, 1.82) is 0 Å². The minimum absolute atomic E-state index is 0.00118. The van der Waals surface area contributed by atoms with E-state index in [1.165, 1.54) is 6.07 Å². The molecule has 2 bridgehead atoms. The number of aromatic nitrogens is 2. The molecular weight excluding hydrogens is 398 g/mol. The number of piperidine rings is 1. The van der Waals surface area contributed by atoms with Gasteiger partial charge >= 0.3 is 11.9 Å². The van der Waals surface area contributed by atoms with Crippen LogP contribution in [0.5, 0.6) is 0 Å². The van der Waals surface area contributed by atoms with Gasteiger partial charge in [0.05, 0.1) is 5.56 Å². The molecule has 8 heteroatoms. The van der Waals surface area contributed by atoms with Gasteiger partial charge in [0.1, 0.15) is 6.04 Å². The van der Waals surface area contributed by atoms with Crippen molar-refractivity contribution in [3.8, 4) is 0 Å². The van der Waals surface area contributed by atoms with E-state index in [0.717, 1.165) is 17.5 Å². The zero-order valence-corrected chi connectivity index (χ0v) is 17.1. The number of carbonyl (C=O) groups is 2. The Hall–Kier alpha value is -3.39. The predicted octanol–water partition coefficient (Wildman–Crippen LogP) is 2.28. The van der Waals surface area contributed by atoms with Crippen molar-refractivity contribution in [3.63, 3.8) is 0 Å². The molecule has 1 saturated heterocycles. The van der Waals surface area contributed by atoms with E-state index in [9.17, 15) is 24.6 Å². The molecule has 1 fully saturated rings. The molecule has 2 aliphatic rings. The first-order valence-corrected chi connectivity index (χ1v) is 10.3. The van der Waals surface area contributed by atoms with Gasteiger partial charge in [-0.05, 0) is 30.5 Å². The summed E-state index contributed by atoms with van der Waals surface area (Å²) in [6.45, 7) is 1.75. The summed E-state index contributed by atoms with van der Waals surface area (Å²) in [7, 11) is 1.80. The fraction of sp³-hybridized carbons (Fsp3) is 0.348. The third kappa shape index (κ3) is 3.14. The van der Waals surface area contributed by atoms with Crippen LogP contribution in [-0.2, 0) is 18.4 Å². The van der Waals surface area contributed by atoms with E-state index in [0.29, 0.717) is 30.7 Å². The Balaban J connectivity index is 1.55. The van der Waals surface area contributed by atoms with Crippen LogP contribution >= 0.6 is 0 Å². The van der Waals surface area contributed by atoms with Crippen LogP contribution in [0.2, 0.25) is 0 Å². The van der Waals surface area contributed by atoms with Crippen LogP contribution in [0.3, 0.4) is 0 Å². The highest BCUT2D eigenvalue weighted by molar-refractivity contribution is 5.96. The highest BCUT2D eigenvalue weighted by Crippen LogP contribution is 2.40. The van der Waals surface area contributed by atoms with E-state index >= 15 is 0 Å². The molecular formula is C23H23N3O5. The number of rotatable bonds is 4. The van der Waals surface area contributed by atoms with Gasteiger partial charge in [-0.3, -0.25) is 14.5 Å². The van der Waals surface area contributed by atoms with Gasteiger partial charge in [-0.15, -0.1) is 0 Å². The lowest BCUT2D eigenvalue weighted by Crippen LogP contribution is -2.49. The lowest BCUT2D eigenvalue weighted by Gasteiger charge is -2.44. The number of hydrogen-bond acceptors (Lipinski definition) is 4. The van der Waals surface area contributed by atoms with Gasteiger partial charge in [-0.1, -0.05) is 12.1 Å². The van der Waals surface area contributed by atoms with Gasteiger partial charge < -0.3 is 19.3 Å². The summed E-state index contributed by atoms with van der Waals surface area (Å²) in [5, 5.41) is 20.2. The number of nitrogens with zero attached hydrogens (tertiary/aromatic N) is 3. The van der Waals surface area contributed by atoms with Crippen molar-refractivity contribution in [2.45, 2.75) is 24.9 Å². The molecule has 0 unspecified atom stereocenters. The van der Waals surface area contributed by atoms with Crippen LogP contribution in [0.25, 0.3) is 10.9 Å². The lowest BCUT2D eigenvalue weighted by molar-refractivity contribution is -0.144. The highest BCUT2D eigenvalue weighted by atomic mass is 16.4. The zero-order valence-electron chi connectivity index (χ0n) is 17.1. The van der Waals surface area contributed by atoms with Crippen molar-refractivity contribution in [3.05, 3.63) is 69.8 Å². The molecule has 2 N–H and O–H groups in total. The molecule has 2 aromatic heterocycles. The molecule has 0 radical (unpaired) electrons.